The Morgan fingerprint density at radius 2 is 1.54 bits per heavy atom. The molecule has 144 valence electrons. The number of halogens is 1. The van der Waals surface area contributed by atoms with Crippen LogP contribution in [0.4, 0.5) is 0 Å². The van der Waals surface area contributed by atoms with Gasteiger partial charge in [0, 0.05) is 22.4 Å². The van der Waals surface area contributed by atoms with Crippen molar-refractivity contribution in [2.45, 2.75) is 33.1 Å². The number of ketones is 1. The molecule has 0 saturated carbocycles. The molecule has 0 aliphatic rings. The first-order valence-corrected chi connectivity index (χ1v) is 10.2. The first-order chi connectivity index (χ1) is 13.4. The lowest BCUT2D eigenvalue weighted by Crippen LogP contribution is -2.11. The van der Waals surface area contributed by atoms with E-state index in [-0.39, 0.29) is 11.7 Å². The Balaban J connectivity index is 1.99. The van der Waals surface area contributed by atoms with E-state index in [4.69, 9.17) is 4.74 Å². The number of aryl methyl sites for hydroxylation is 3. The van der Waals surface area contributed by atoms with Gasteiger partial charge in [-0.2, -0.15) is 0 Å². The van der Waals surface area contributed by atoms with Crippen molar-refractivity contribution in [3.63, 3.8) is 0 Å². The summed E-state index contributed by atoms with van der Waals surface area (Å²) >= 11 is 3.50. The summed E-state index contributed by atoms with van der Waals surface area (Å²) in [5.74, 6) is 1.01. The van der Waals surface area contributed by atoms with E-state index in [2.05, 4.69) is 47.1 Å². The molecule has 0 aliphatic heterocycles. The minimum atomic E-state index is 0.0181. The van der Waals surface area contributed by atoms with E-state index in [1.165, 1.54) is 11.1 Å². The Hall–Kier alpha value is -2.39. The highest BCUT2D eigenvalue weighted by atomic mass is 79.9. The molecule has 3 rings (SSSR count). The van der Waals surface area contributed by atoms with Gasteiger partial charge in [0.15, 0.2) is 5.78 Å². The summed E-state index contributed by atoms with van der Waals surface area (Å²) in [4.78, 5) is 13.2. The van der Waals surface area contributed by atoms with Gasteiger partial charge >= 0.3 is 0 Å². The zero-order chi connectivity index (χ0) is 20.3. The Morgan fingerprint density at radius 3 is 2.11 bits per heavy atom. The third-order valence-corrected chi connectivity index (χ3v) is 5.74. The van der Waals surface area contributed by atoms with E-state index in [1.54, 1.807) is 7.11 Å². The fourth-order valence-electron chi connectivity index (χ4n) is 3.82. The largest absolute Gasteiger partial charge is 0.496 e. The number of carbonyl (C=O) groups excluding carboxylic acids is 1. The van der Waals surface area contributed by atoms with Gasteiger partial charge in [0.1, 0.15) is 5.75 Å². The van der Waals surface area contributed by atoms with Crippen LogP contribution >= 0.6 is 15.9 Å². The van der Waals surface area contributed by atoms with Crippen molar-refractivity contribution in [2.75, 3.05) is 7.11 Å². The van der Waals surface area contributed by atoms with E-state index >= 15 is 0 Å². The topological polar surface area (TPSA) is 26.3 Å². The molecule has 3 aromatic carbocycles. The number of carbonyl (C=O) groups is 1. The lowest BCUT2D eigenvalue weighted by Gasteiger charge is -2.20. The summed E-state index contributed by atoms with van der Waals surface area (Å²) < 4.78 is 6.48. The molecule has 0 heterocycles. The lowest BCUT2D eigenvalue weighted by atomic mass is 9.83. The summed E-state index contributed by atoms with van der Waals surface area (Å²) in [6, 6.07) is 20.4. The summed E-state index contributed by atoms with van der Waals surface area (Å²) in [5.41, 5.74) is 6.26. The molecule has 3 heteroatoms. The molecular formula is C25H25BrO2. The predicted molar refractivity (Wildman–Crippen MR) is 119 cm³/mol. The fourth-order valence-corrected chi connectivity index (χ4v) is 4.08. The first-order valence-electron chi connectivity index (χ1n) is 9.40. The smallest absolute Gasteiger partial charge is 0.163 e. The molecule has 0 fully saturated rings. The molecule has 0 radical (unpaired) electrons. The first kappa shape index (κ1) is 20.3. The zero-order valence-electron chi connectivity index (χ0n) is 16.8. The molecule has 3 aromatic rings. The van der Waals surface area contributed by atoms with Gasteiger partial charge < -0.3 is 4.74 Å². The second kappa shape index (κ2) is 8.74. The normalized spacial score (nSPS) is 11.9. The molecular weight excluding hydrogens is 412 g/mol. The maximum absolute atomic E-state index is 13.2. The van der Waals surface area contributed by atoms with Crippen LogP contribution in [0.3, 0.4) is 0 Å². The lowest BCUT2D eigenvalue weighted by molar-refractivity contribution is 0.0977. The van der Waals surface area contributed by atoms with Crippen LogP contribution in [0.25, 0.3) is 0 Å². The van der Waals surface area contributed by atoms with E-state index in [1.807, 2.05) is 50.2 Å². The van der Waals surface area contributed by atoms with Crippen molar-refractivity contribution in [1.29, 1.82) is 0 Å². The quantitative estimate of drug-likeness (QED) is 0.397. The Labute approximate surface area is 175 Å². The van der Waals surface area contributed by atoms with Gasteiger partial charge in [-0.1, -0.05) is 52.3 Å². The van der Waals surface area contributed by atoms with Crippen molar-refractivity contribution < 1.29 is 9.53 Å². The fraction of sp³-hybridized carbons (Fsp3) is 0.240. The molecule has 0 spiro atoms. The highest BCUT2D eigenvalue weighted by molar-refractivity contribution is 9.10. The molecule has 0 amide bonds. The molecule has 0 bridgehead atoms. The van der Waals surface area contributed by atoms with E-state index in [9.17, 15) is 4.79 Å². The van der Waals surface area contributed by atoms with Gasteiger partial charge in [-0.3, -0.25) is 4.79 Å². The van der Waals surface area contributed by atoms with Crippen LogP contribution in [-0.2, 0) is 0 Å². The summed E-state index contributed by atoms with van der Waals surface area (Å²) in [6.45, 7) is 6.07. The third kappa shape index (κ3) is 4.36. The van der Waals surface area contributed by atoms with Crippen molar-refractivity contribution >= 4 is 21.7 Å². The minimum absolute atomic E-state index is 0.0181. The number of benzene rings is 3. The molecule has 1 unspecified atom stereocenters. The number of hydrogen-bond acceptors (Lipinski definition) is 2. The Bertz CT molecular complexity index is 967. The minimum Gasteiger partial charge on any atom is -0.496 e. The second-order valence-electron chi connectivity index (χ2n) is 7.23. The van der Waals surface area contributed by atoms with Crippen molar-refractivity contribution in [3.8, 4) is 5.75 Å². The molecule has 1 atom stereocenters. The second-order valence-corrected chi connectivity index (χ2v) is 8.15. The van der Waals surface area contributed by atoms with Gasteiger partial charge in [0.25, 0.3) is 0 Å². The zero-order valence-corrected chi connectivity index (χ0v) is 18.3. The number of Topliss-reactive ketones (excluding diaryl/α,β-unsaturated/α-hetero) is 1. The molecule has 2 nitrogen and oxygen atoms in total. The standard InChI is InChI=1S/C25H25BrO2/c1-16-7-5-6-8-22(16)23(19-9-11-21(26)12-10-19)15-24(27)20-13-17(2)25(28-4)18(3)14-20/h5-14,23H,15H2,1-4H3. The maximum atomic E-state index is 13.2. The summed E-state index contributed by atoms with van der Waals surface area (Å²) in [6.07, 6.45) is 0.428. The van der Waals surface area contributed by atoms with Crippen molar-refractivity contribution in [3.05, 3.63) is 98.5 Å². The SMILES string of the molecule is COc1c(C)cc(C(=O)CC(c2ccc(Br)cc2)c2ccccc2C)cc1C. The van der Waals surface area contributed by atoms with Crippen LogP contribution in [0.1, 0.15) is 50.5 Å². The average Bonchev–Trinajstić information content (AvgIpc) is 2.67. The number of ether oxygens (including phenoxy) is 1. The van der Waals surface area contributed by atoms with E-state index in [0.29, 0.717) is 6.42 Å². The van der Waals surface area contributed by atoms with E-state index in [0.717, 1.165) is 32.5 Å². The van der Waals surface area contributed by atoms with Crippen LogP contribution in [0, 0.1) is 20.8 Å². The highest BCUT2D eigenvalue weighted by Crippen LogP contribution is 2.33. The Morgan fingerprint density at radius 1 is 0.929 bits per heavy atom. The third-order valence-electron chi connectivity index (χ3n) is 5.21. The summed E-state index contributed by atoms with van der Waals surface area (Å²) in [7, 11) is 1.67. The van der Waals surface area contributed by atoms with Crippen molar-refractivity contribution in [1.82, 2.24) is 0 Å². The highest BCUT2D eigenvalue weighted by Gasteiger charge is 2.21. The molecule has 0 aromatic heterocycles. The van der Waals surface area contributed by atoms with Crippen LogP contribution in [0.2, 0.25) is 0 Å². The van der Waals surface area contributed by atoms with Crippen LogP contribution in [0.15, 0.2) is 65.1 Å². The number of methoxy groups -OCH3 is 1. The molecule has 0 aliphatic carbocycles. The molecule has 28 heavy (non-hydrogen) atoms. The van der Waals surface area contributed by atoms with Crippen LogP contribution < -0.4 is 4.74 Å². The van der Waals surface area contributed by atoms with Gasteiger partial charge in [0.05, 0.1) is 7.11 Å². The van der Waals surface area contributed by atoms with Crippen LogP contribution in [0.5, 0.6) is 5.75 Å². The van der Waals surface area contributed by atoms with Gasteiger partial charge in [-0.05, 0) is 72.9 Å². The number of rotatable bonds is 6. The van der Waals surface area contributed by atoms with Gasteiger partial charge in [-0.15, -0.1) is 0 Å². The Kier molecular flexibility index (Phi) is 6.35. The van der Waals surface area contributed by atoms with Gasteiger partial charge in [0.2, 0.25) is 0 Å². The number of hydrogen-bond donors (Lipinski definition) is 0. The van der Waals surface area contributed by atoms with Crippen molar-refractivity contribution in [2.24, 2.45) is 0 Å². The average molecular weight is 437 g/mol. The van der Waals surface area contributed by atoms with Gasteiger partial charge in [-0.25, -0.2) is 0 Å². The molecule has 0 saturated heterocycles. The maximum Gasteiger partial charge on any atom is 0.163 e. The summed E-state index contributed by atoms with van der Waals surface area (Å²) in [5, 5.41) is 0. The van der Waals surface area contributed by atoms with E-state index < -0.39 is 0 Å². The monoisotopic (exact) mass is 436 g/mol. The predicted octanol–water partition coefficient (Wildman–Crippen LogP) is 6.79. The molecule has 0 N–H and O–H groups in total. The van der Waals surface area contributed by atoms with Crippen LogP contribution in [-0.4, -0.2) is 12.9 Å².